The van der Waals surface area contributed by atoms with Gasteiger partial charge < -0.3 is 14.8 Å². The number of carbonyl (C=O) groups excluding carboxylic acids is 4. The van der Waals surface area contributed by atoms with Crippen molar-refractivity contribution in [1.82, 2.24) is 4.90 Å². The van der Waals surface area contributed by atoms with Crippen LogP contribution in [-0.2, 0) is 19.1 Å². The molecule has 1 aliphatic heterocycles. The van der Waals surface area contributed by atoms with E-state index in [2.05, 4.69) is 21.2 Å². The average molecular weight is 533 g/mol. The molecular formula is C23H21BrN2O6S. The largest absolute Gasteiger partial charge is 0.481 e. The van der Waals surface area contributed by atoms with Gasteiger partial charge in [0.1, 0.15) is 12.3 Å². The Morgan fingerprint density at radius 2 is 1.88 bits per heavy atom. The van der Waals surface area contributed by atoms with Gasteiger partial charge >= 0.3 is 5.97 Å². The molecule has 1 aliphatic rings. The Labute approximate surface area is 203 Å². The zero-order valence-electron chi connectivity index (χ0n) is 17.9. The van der Waals surface area contributed by atoms with Crippen molar-refractivity contribution in [3.63, 3.8) is 0 Å². The average Bonchev–Trinajstić information content (AvgIpc) is 3.02. The maximum atomic E-state index is 12.8. The van der Waals surface area contributed by atoms with E-state index in [4.69, 9.17) is 9.47 Å². The molecule has 0 aromatic heterocycles. The highest BCUT2D eigenvalue weighted by Crippen LogP contribution is 2.34. The summed E-state index contributed by atoms with van der Waals surface area (Å²) >= 11 is 4.09. The van der Waals surface area contributed by atoms with Gasteiger partial charge in [-0.25, -0.2) is 4.79 Å². The van der Waals surface area contributed by atoms with Crippen molar-refractivity contribution in [1.29, 1.82) is 0 Å². The first-order valence-electron chi connectivity index (χ1n) is 9.96. The minimum Gasteiger partial charge on any atom is -0.481 e. The number of rotatable bonds is 8. The number of benzene rings is 2. The van der Waals surface area contributed by atoms with Crippen LogP contribution < -0.4 is 10.1 Å². The van der Waals surface area contributed by atoms with E-state index in [-0.39, 0.29) is 18.1 Å². The molecule has 3 rings (SSSR count). The van der Waals surface area contributed by atoms with Crippen LogP contribution in [0.5, 0.6) is 5.75 Å². The molecule has 0 atom stereocenters. The third-order valence-corrected chi connectivity index (χ3v) is 5.82. The fraction of sp³-hybridized carbons (Fsp3) is 0.217. The number of imide groups is 1. The second-order valence-corrected chi connectivity index (χ2v) is 8.87. The number of hydrogen-bond donors (Lipinski definition) is 1. The maximum absolute atomic E-state index is 12.8. The van der Waals surface area contributed by atoms with Crippen LogP contribution in [0.3, 0.4) is 0 Å². The summed E-state index contributed by atoms with van der Waals surface area (Å²) in [5.41, 5.74) is 2.11. The number of nitrogens with one attached hydrogen (secondary N) is 1. The zero-order chi connectivity index (χ0) is 24.0. The maximum Gasteiger partial charge on any atom is 0.344 e. The Bertz CT molecular complexity index is 1120. The quantitative estimate of drug-likeness (QED) is 0.397. The zero-order valence-corrected chi connectivity index (χ0v) is 20.3. The van der Waals surface area contributed by atoms with E-state index in [1.807, 2.05) is 19.1 Å². The summed E-state index contributed by atoms with van der Waals surface area (Å²) in [5.74, 6) is -1.25. The van der Waals surface area contributed by atoms with Crippen molar-refractivity contribution in [2.45, 2.75) is 13.8 Å². The van der Waals surface area contributed by atoms with E-state index in [1.54, 1.807) is 37.3 Å². The molecule has 0 bridgehead atoms. The van der Waals surface area contributed by atoms with Gasteiger partial charge in [0, 0.05) is 15.7 Å². The Balaban J connectivity index is 1.72. The predicted molar refractivity (Wildman–Crippen MR) is 129 cm³/mol. The van der Waals surface area contributed by atoms with Gasteiger partial charge in [0.25, 0.3) is 11.1 Å². The standard InChI is InChI=1S/C23H21BrN2O6S/c1-3-31-21(28)13-32-18-9-6-16(24)10-15(18)11-19-22(29)26(23(30)33-19)12-20(27)25-17-7-4-14(2)5-8-17/h4-11H,3,12-13H2,1-2H3,(H,25,27)/b19-11+. The molecule has 0 spiro atoms. The van der Waals surface area contributed by atoms with Crippen molar-refractivity contribution in [2.75, 3.05) is 25.1 Å². The SMILES string of the molecule is CCOC(=O)COc1ccc(Br)cc1/C=C1/SC(=O)N(CC(=O)Nc2ccc(C)cc2)C1=O. The van der Waals surface area contributed by atoms with Crippen LogP contribution in [0.15, 0.2) is 51.8 Å². The molecule has 0 unspecified atom stereocenters. The number of halogens is 1. The highest BCUT2D eigenvalue weighted by molar-refractivity contribution is 9.10. The van der Waals surface area contributed by atoms with Gasteiger partial charge in [-0.1, -0.05) is 33.6 Å². The Morgan fingerprint density at radius 3 is 2.58 bits per heavy atom. The molecule has 1 N–H and O–H groups in total. The van der Waals surface area contributed by atoms with Crippen molar-refractivity contribution in [3.8, 4) is 5.75 Å². The molecule has 0 saturated carbocycles. The molecule has 1 saturated heterocycles. The first kappa shape index (κ1) is 24.5. The summed E-state index contributed by atoms with van der Waals surface area (Å²) in [5, 5.41) is 2.13. The van der Waals surface area contributed by atoms with E-state index in [1.165, 1.54) is 6.08 Å². The lowest BCUT2D eigenvalue weighted by Gasteiger charge is -2.12. The Morgan fingerprint density at radius 1 is 1.15 bits per heavy atom. The van der Waals surface area contributed by atoms with Gasteiger partial charge in [-0.2, -0.15) is 0 Å². The number of ether oxygens (including phenoxy) is 2. The number of esters is 1. The number of nitrogens with zero attached hydrogens (tertiary/aromatic N) is 1. The molecule has 2 aromatic carbocycles. The molecule has 10 heteroatoms. The summed E-state index contributed by atoms with van der Waals surface area (Å²) in [7, 11) is 0. The number of aryl methyl sites for hydroxylation is 1. The lowest BCUT2D eigenvalue weighted by Crippen LogP contribution is -2.36. The summed E-state index contributed by atoms with van der Waals surface area (Å²) in [4.78, 5) is 50.2. The van der Waals surface area contributed by atoms with Gasteiger partial charge in [-0.15, -0.1) is 0 Å². The van der Waals surface area contributed by atoms with Crippen LogP contribution in [0, 0.1) is 6.92 Å². The van der Waals surface area contributed by atoms with Crippen molar-refractivity contribution < 1.29 is 28.7 Å². The molecule has 0 aliphatic carbocycles. The summed E-state index contributed by atoms with van der Waals surface area (Å²) in [6.07, 6.45) is 1.49. The lowest BCUT2D eigenvalue weighted by molar-refractivity contribution is -0.145. The molecular weight excluding hydrogens is 512 g/mol. The topological polar surface area (TPSA) is 102 Å². The van der Waals surface area contributed by atoms with Crippen LogP contribution in [-0.4, -0.2) is 47.7 Å². The molecule has 0 radical (unpaired) electrons. The first-order valence-corrected chi connectivity index (χ1v) is 11.6. The molecule has 172 valence electrons. The van der Waals surface area contributed by atoms with Crippen LogP contribution >= 0.6 is 27.7 Å². The minimum absolute atomic E-state index is 0.141. The third-order valence-electron chi connectivity index (χ3n) is 4.42. The number of anilines is 1. The fourth-order valence-electron chi connectivity index (χ4n) is 2.86. The summed E-state index contributed by atoms with van der Waals surface area (Å²) in [6, 6.07) is 12.2. The molecule has 8 nitrogen and oxygen atoms in total. The highest BCUT2D eigenvalue weighted by atomic mass is 79.9. The summed E-state index contributed by atoms with van der Waals surface area (Å²) < 4.78 is 11.1. The van der Waals surface area contributed by atoms with Crippen LogP contribution in [0.1, 0.15) is 18.1 Å². The van der Waals surface area contributed by atoms with Gasteiger partial charge in [-0.3, -0.25) is 19.3 Å². The van der Waals surface area contributed by atoms with Crippen LogP contribution in [0.4, 0.5) is 10.5 Å². The van der Waals surface area contributed by atoms with Gasteiger partial charge in [0.15, 0.2) is 6.61 Å². The fourth-order valence-corrected chi connectivity index (χ4v) is 4.07. The van der Waals surface area contributed by atoms with E-state index >= 15 is 0 Å². The van der Waals surface area contributed by atoms with Crippen molar-refractivity contribution in [2.24, 2.45) is 0 Å². The second-order valence-electron chi connectivity index (χ2n) is 6.96. The number of hydrogen-bond acceptors (Lipinski definition) is 7. The second kappa shape index (κ2) is 11.2. The van der Waals surface area contributed by atoms with Gasteiger partial charge in [0.2, 0.25) is 5.91 Å². The first-order chi connectivity index (χ1) is 15.8. The van der Waals surface area contributed by atoms with Crippen LogP contribution in [0.25, 0.3) is 6.08 Å². The highest BCUT2D eigenvalue weighted by Gasteiger charge is 2.36. The predicted octanol–water partition coefficient (Wildman–Crippen LogP) is 4.37. The molecule has 2 aromatic rings. The van der Waals surface area contributed by atoms with E-state index < -0.39 is 29.6 Å². The number of amides is 3. The van der Waals surface area contributed by atoms with E-state index in [9.17, 15) is 19.2 Å². The normalized spacial score (nSPS) is 14.5. The van der Waals surface area contributed by atoms with Crippen LogP contribution in [0.2, 0.25) is 0 Å². The monoisotopic (exact) mass is 532 g/mol. The summed E-state index contributed by atoms with van der Waals surface area (Å²) in [6.45, 7) is 3.16. The Kier molecular flexibility index (Phi) is 8.29. The van der Waals surface area contributed by atoms with Crippen molar-refractivity contribution in [3.05, 3.63) is 63.0 Å². The molecule has 1 heterocycles. The molecule has 3 amide bonds. The Hall–Kier alpha value is -3.11. The van der Waals surface area contributed by atoms with Gasteiger partial charge in [-0.05, 0) is 62.0 Å². The van der Waals surface area contributed by atoms with Gasteiger partial charge in [0.05, 0.1) is 11.5 Å². The van der Waals surface area contributed by atoms with E-state index in [0.717, 1.165) is 22.2 Å². The molecule has 33 heavy (non-hydrogen) atoms. The van der Waals surface area contributed by atoms with E-state index in [0.29, 0.717) is 21.5 Å². The van der Waals surface area contributed by atoms with Crippen molar-refractivity contribution >= 4 is 62.5 Å². The lowest BCUT2D eigenvalue weighted by atomic mass is 10.2. The third kappa shape index (κ3) is 6.69. The smallest absolute Gasteiger partial charge is 0.344 e. The molecule has 1 fully saturated rings. The minimum atomic E-state index is -0.583. The number of carbonyl (C=O) groups is 4. The number of thioether (sulfide) groups is 1.